The van der Waals surface area contributed by atoms with Crippen molar-refractivity contribution in [1.82, 2.24) is 14.8 Å². The van der Waals surface area contributed by atoms with Gasteiger partial charge in [0.1, 0.15) is 0 Å². The SMILES string of the molecule is CC1CN(Cc2ccccc2)CCN(C(=O)CCc2ccccn2)C1. The van der Waals surface area contributed by atoms with E-state index in [9.17, 15) is 4.79 Å². The van der Waals surface area contributed by atoms with Crippen molar-refractivity contribution in [3.8, 4) is 0 Å². The first kappa shape index (κ1) is 17.6. The average Bonchev–Trinajstić information content (AvgIpc) is 2.82. The van der Waals surface area contributed by atoms with E-state index in [1.54, 1.807) is 6.20 Å². The molecule has 1 unspecified atom stereocenters. The van der Waals surface area contributed by atoms with Gasteiger partial charge in [-0.3, -0.25) is 14.7 Å². The summed E-state index contributed by atoms with van der Waals surface area (Å²) >= 11 is 0. The van der Waals surface area contributed by atoms with Gasteiger partial charge in [0, 0.05) is 51.0 Å². The molecule has 1 saturated heterocycles. The molecule has 0 N–H and O–H groups in total. The highest BCUT2D eigenvalue weighted by atomic mass is 16.2. The molecule has 4 nitrogen and oxygen atoms in total. The molecule has 2 aromatic rings. The quantitative estimate of drug-likeness (QED) is 0.841. The molecular formula is C21H27N3O. The molecule has 1 amide bonds. The Morgan fingerprint density at radius 2 is 1.88 bits per heavy atom. The lowest BCUT2D eigenvalue weighted by molar-refractivity contribution is -0.131. The highest BCUT2D eigenvalue weighted by Crippen LogP contribution is 2.14. The van der Waals surface area contributed by atoms with Crippen LogP contribution in [0.15, 0.2) is 54.7 Å². The maximum absolute atomic E-state index is 12.6. The summed E-state index contributed by atoms with van der Waals surface area (Å²) in [5, 5.41) is 0. The summed E-state index contributed by atoms with van der Waals surface area (Å²) in [5.41, 5.74) is 2.33. The summed E-state index contributed by atoms with van der Waals surface area (Å²) in [6.45, 7) is 6.85. The van der Waals surface area contributed by atoms with Gasteiger partial charge < -0.3 is 4.90 Å². The first-order chi connectivity index (χ1) is 12.2. The van der Waals surface area contributed by atoms with E-state index in [4.69, 9.17) is 0 Å². The lowest BCUT2D eigenvalue weighted by Gasteiger charge is -2.22. The van der Waals surface area contributed by atoms with E-state index < -0.39 is 0 Å². The highest BCUT2D eigenvalue weighted by Gasteiger charge is 2.23. The van der Waals surface area contributed by atoms with Crippen LogP contribution in [0.25, 0.3) is 0 Å². The third-order valence-corrected chi connectivity index (χ3v) is 4.71. The Balaban J connectivity index is 1.52. The smallest absolute Gasteiger partial charge is 0.223 e. The fourth-order valence-corrected chi connectivity index (χ4v) is 3.47. The van der Waals surface area contributed by atoms with Crippen LogP contribution < -0.4 is 0 Å². The van der Waals surface area contributed by atoms with Crippen molar-refractivity contribution in [3.05, 3.63) is 66.0 Å². The predicted molar refractivity (Wildman–Crippen MR) is 100 cm³/mol. The number of hydrogen-bond acceptors (Lipinski definition) is 3. The first-order valence-corrected chi connectivity index (χ1v) is 9.14. The number of aryl methyl sites for hydroxylation is 1. The second-order valence-corrected chi connectivity index (χ2v) is 6.99. The molecule has 1 atom stereocenters. The number of nitrogens with zero attached hydrogens (tertiary/aromatic N) is 3. The monoisotopic (exact) mass is 337 g/mol. The fourth-order valence-electron chi connectivity index (χ4n) is 3.47. The van der Waals surface area contributed by atoms with E-state index in [1.807, 2.05) is 23.1 Å². The summed E-state index contributed by atoms with van der Waals surface area (Å²) in [6.07, 6.45) is 3.05. The second-order valence-electron chi connectivity index (χ2n) is 6.99. The highest BCUT2D eigenvalue weighted by molar-refractivity contribution is 5.76. The topological polar surface area (TPSA) is 36.4 Å². The van der Waals surface area contributed by atoms with Gasteiger partial charge in [0.25, 0.3) is 0 Å². The average molecular weight is 337 g/mol. The molecular weight excluding hydrogens is 310 g/mol. The van der Waals surface area contributed by atoms with E-state index >= 15 is 0 Å². The Labute approximate surface area is 150 Å². The van der Waals surface area contributed by atoms with E-state index in [0.717, 1.165) is 44.8 Å². The van der Waals surface area contributed by atoms with Crippen LogP contribution in [-0.2, 0) is 17.8 Å². The van der Waals surface area contributed by atoms with Gasteiger partial charge in [-0.15, -0.1) is 0 Å². The molecule has 25 heavy (non-hydrogen) atoms. The number of aromatic nitrogens is 1. The third-order valence-electron chi connectivity index (χ3n) is 4.71. The van der Waals surface area contributed by atoms with E-state index in [0.29, 0.717) is 12.3 Å². The lowest BCUT2D eigenvalue weighted by atomic mass is 10.1. The van der Waals surface area contributed by atoms with Gasteiger partial charge >= 0.3 is 0 Å². The van der Waals surface area contributed by atoms with Crippen LogP contribution in [0.5, 0.6) is 0 Å². The minimum atomic E-state index is 0.249. The van der Waals surface area contributed by atoms with Crippen molar-refractivity contribution in [2.24, 2.45) is 5.92 Å². The van der Waals surface area contributed by atoms with Crippen LogP contribution in [0.1, 0.15) is 24.6 Å². The van der Waals surface area contributed by atoms with Crippen molar-refractivity contribution >= 4 is 5.91 Å². The van der Waals surface area contributed by atoms with Crippen molar-refractivity contribution in [2.45, 2.75) is 26.3 Å². The molecule has 0 aliphatic carbocycles. The Kier molecular flexibility index (Phi) is 6.18. The minimum Gasteiger partial charge on any atom is -0.341 e. The van der Waals surface area contributed by atoms with Crippen LogP contribution in [0.2, 0.25) is 0 Å². The zero-order valence-electron chi connectivity index (χ0n) is 15.0. The molecule has 0 saturated carbocycles. The van der Waals surface area contributed by atoms with Crippen molar-refractivity contribution < 1.29 is 4.79 Å². The Bertz CT molecular complexity index is 659. The molecule has 2 heterocycles. The molecule has 1 aliphatic rings. The van der Waals surface area contributed by atoms with Crippen molar-refractivity contribution in [3.63, 3.8) is 0 Å². The molecule has 0 bridgehead atoms. The van der Waals surface area contributed by atoms with Crippen molar-refractivity contribution in [1.29, 1.82) is 0 Å². The van der Waals surface area contributed by atoms with Crippen LogP contribution in [0.4, 0.5) is 0 Å². The summed E-state index contributed by atoms with van der Waals surface area (Å²) in [6, 6.07) is 16.4. The number of benzene rings is 1. The fraction of sp³-hybridized carbons (Fsp3) is 0.429. The zero-order chi connectivity index (χ0) is 17.5. The maximum Gasteiger partial charge on any atom is 0.223 e. The Morgan fingerprint density at radius 1 is 1.08 bits per heavy atom. The third kappa shape index (κ3) is 5.40. The van der Waals surface area contributed by atoms with Gasteiger partial charge in [-0.25, -0.2) is 0 Å². The lowest BCUT2D eigenvalue weighted by Crippen LogP contribution is -2.36. The van der Waals surface area contributed by atoms with E-state index in [1.165, 1.54) is 5.56 Å². The molecule has 1 aliphatic heterocycles. The largest absolute Gasteiger partial charge is 0.341 e. The molecule has 0 radical (unpaired) electrons. The van der Waals surface area contributed by atoms with Crippen LogP contribution in [0, 0.1) is 5.92 Å². The second kappa shape index (κ2) is 8.77. The number of hydrogen-bond donors (Lipinski definition) is 0. The summed E-state index contributed by atoms with van der Waals surface area (Å²) in [7, 11) is 0. The van der Waals surface area contributed by atoms with E-state index in [-0.39, 0.29) is 5.91 Å². The summed E-state index contributed by atoms with van der Waals surface area (Å²) < 4.78 is 0. The summed E-state index contributed by atoms with van der Waals surface area (Å²) in [5.74, 6) is 0.740. The molecule has 1 fully saturated rings. The molecule has 132 valence electrons. The standard InChI is InChI=1S/C21H27N3O/c1-18-15-23(17-19-7-3-2-4-8-19)13-14-24(16-18)21(25)11-10-20-9-5-6-12-22-20/h2-9,12,18H,10-11,13-17H2,1H3. The van der Waals surface area contributed by atoms with Gasteiger partial charge in [-0.05, 0) is 30.0 Å². The van der Waals surface area contributed by atoms with Gasteiger partial charge in [0.15, 0.2) is 0 Å². The van der Waals surface area contributed by atoms with Gasteiger partial charge in [-0.1, -0.05) is 43.3 Å². The maximum atomic E-state index is 12.6. The molecule has 4 heteroatoms. The van der Waals surface area contributed by atoms with Gasteiger partial charge in [0.05, 0.1) is 0 Å². The van der Waals surface area contributed by atoms with Crippen LogP contribution >= 0.6 is 0 Å². The van der Waals surface area contributed by atoms with Crippen molar-refractivity contribution in [2.75, 3.05) is 26.2 Å². The zero-order valence-corrected chi connectivity index (χ0v) is 15.0. The number of carbonyl (C=O) groups is 1. The van der Waals surface area contributed by atoms with Gasteiger partial charge in [-0.2, -0.15) is 0 Å². The Morgan fingerprint density at radius 3 is 2.64 bits per heavy atom. The first-order valence-electron chi connectivity index (χ1n) is 9.14. The number of pyridine rings is 1. The van der Waals surface area contributed by atoms with Crippen LogP contribution in [-0.4, -0.2) is 46.9 Å². The minimum absolute atomic E-state index is 0.249. The molecule has 3 rings (SSSR count). The molecule has 1 aromatic carbocycles. The number of amides is 1. The van der Waals surface area contributed by atoms with Crippen LogP contribution in [0.3, 0.4) is 0 Å². The molecule has 0 spiro atoms. The Hall–Kier alpha value is -2.20. The van der Waals surface area contributed by atoms with E-state index in [2.05, 4.69) is 47.1 Å². The number of rotatable bonds is 5. The predicted octanol–water partition coefficient (Wildman–Crippen LogP) is 2.99. The summed E-state index contributed by atoms with van der Waals surface area (Å²) in [4.78, 5) is 21.4. The molecule has 1 aromatic heterocycles. The van der Waals surface area contributed by atoms with Gasteiger partial charge in [0.2, 0.25) is 5.91 Å². The number of carbonyl (C=O) groups excluding carboxylic acids is 1. The normalized spacial score (nSPS) is 18.8.